The second kappa shape index (κ2) is 8.13. The second-order valence-electron chi connectivity index (χ2n) is 5.69. The summed E-state index contributed by atoms with van der Waals surface area (Å²) in [6.45, 7) is 1.97. The Balaban J connectivity index is 1.84. The lowest BCUT2D eigenvalue weighted by Gasteiger charge is -2.09. The van der Waals surface area contributed by atoms with E-state index in [1.807, 2.05) is 42.5 Å². The Morgan fingerprint density at radius 1 is 1.26 bits per heavy atom. The van der Waals surface area contributed by atoms with Gasteiger partial charge >= 0.3 is 5.97 Å². The molecule has 3 aromatic rings. The molecule has 2 aromatic carbocycles. The van der Waals surface area contributed by atoms with E-state index in [4.69, 9.17) is 10.5 Å². The highest BCUT2D eigenvalue weighted by molar-refractivity contribution is 6.03. The Labute approximate surface area is 155 Å². The van der Waals surface area contributed by atoms with Crippen molar-refractivity contribution in [2.24, 2.45) is 10.7 Å². The van der Waals surface area contributed by atoms with Gasteiger partial charge in [0.25, 0.3) is 5.56 Å². The standard InChI is InChI=1S/C19H19N5O3/c1-2-27-17(26)11-13-10-16(25)23-19(21-13)24-18(20)22-15-9-5-7-12-6-3-4-8-14(12)15/h3-10H,2,11H2,1H3,(H4,20,21,22,23,24,25). The Kier molecular flexibility index (Phi) is 5.46. The lowest BCUT2D eigenvalue weighted by molar-refractivity contribution is -0.142. The third-order valence-electron chi connectivity index (χ3n) is 3.69. The number of ether oxygens (including phenoxy) is 1. The fourth-order valence-corrected chi connectivity index (χ4v) is 2.61. The number of benzene rings is 2. The lowest BCUT2D eigenvalue weighted by atomic mass is 10.1. The van der Waals surface area contributed by atoms with Crippen LogP contribution in [0.4, 0.5) is 11.6 Å². The maximum atomic E-state index is 11.8. The van der Waals surface area contributed by atoms with Gasteiger partial charge in [-0.15, -0.1) is 0 Å². The topological polar surface area (TPSA) is 122 Å². The van der Waals surface area contributed by atoms with E-state index in [0.717, 1.165) is 16.5 Å². The lowest BCUT2D eigenvalue weighted by Crippen LogP contribution is -2.23. The summed E-state index contributed by atoms with van der Waals surface area (Å²) in [6, 6.07) is 14.8. The summed E-state index contributed by atoms with van der Waals surface area (Å²) < 4.78 is 4.86. The number of esters is 1. The number of nitrogens with two attached hydrogens (primary N) is 1. The summed E-state index contributed by atoms with van der Waals surface area (Å²) in [4.78, 5) is 34.1. The van der Waals surface area contributed by atoms with Gasteiger partial charge in [0.05, 0.1) is 18.7 Å². The maximum absolute atomic E-state index is 11.8. The molecular formula is C19H19N5O3. The van der Waals surface area contributed by atoms with Crippen LogP contribution >= 0.6 is 0 Å². The molecule has 27 heavy (non-hydrogen) atoms. The van der Waals surface area contributed by atoms with Crippen LogP contribution in [0.15, 0.2) is 58.3 Å². The highest BCUT2D eigenvalue weighted by Gasteiger charge is 2.08. The molecular weight excluding hydrogens is 346 g/mol. The molecule has 0 spiro atoms. The van der Waals surface area contributed by atoms with Gasteiger partial charge in [0, 0.05) is 17.1 Å². The van der Waals surface area contributed by atoms with E-state index in [9.17, 15) is 9.59 Å². The summed E-state index contributed by atoms with van der Waals surface area (Å²) in [6.07, 6.45) is -0.114. The third-order valence-corrected chi connectivity index (χ3v) is 3.69. The molecule has 0 fully saturated rings. The van der Waals surface area contributed by atoms with Crippen LogP contribution in [-0.4, -0.2) is 28.5 Å². The zero-order chi connectivity index (χ0) is 19.2. The summed E-state index contributed by atoms with van der Waals surface area (Å²) >= 11 is 0. The van der Waals surface area contributed by atoms with Crippen molar-refractivity contribution in [2.75, 3.05) is 11.9 Å². The Hall–Kier alpha value is -3.68. The normalized spacial score (nSPS) is 11.4. The summed E-state index contributed by atoms with van der Waals surface area (Å²) in [5, 5.41) is 5.04. The third kappa shape index (κ3) is 4.69. The number of rotatable bonds is 5. The monoisotopic (exact) mass is 365 g/mol. The maximum Gasteiger partial charge on any atom is 0.311 e. The van der Waals surface area contributed by atoms with Crippen LogP contribution in [0, 0.1) is 0 Å². The quantitative estimate of drug-likeness (QED) is 0.361. The van der Waals surface area contributed by atoms with E-state index >= 15 is 0 Å². The second-order valence-corrected chi connectivity index (χ2v) is 5.69. The Bertz CT molecular complexity index is 1050. The molecule has 0 aliphatic rings. The van der Waals surface area contributed by atoms with Gasteiger partial charge < -0.3 is 15.8 Å². The number of aromatic amines is 1. The van der Waals surface area contributed by atoms with Gasteiger partial charge in [-0.2, -0.15) is 4.99 Å². The minimum Gasteiger partial charge on any atom is -0.466 e. The van der Waals surface area contributed by atoms with Crippen molar-refractivity contribution in [1.82, 2.24) is 9.97 Å². The minimum absolute atomic E-state index is 0.00651. The van der Waals surface area contributed by atoms with Crippen molar-refractivity contribution < 1.29 is 9.53 Å². The molecule has 0 amide bonds. The van der Waals surface area contributed by atoms with E-state index in [2.05, 4.69) is 20.3 Å². The SMILES string of the molecule is CCOC(=O)Cc1cc(=O)[nH]c(/N=C(\N)Nc2cccc3ccccc23)n1. The summed E-state index contributed by atoms with van der Waals surface area (Å²) in [5.41, 5.74) is 6.57. The predicted octanol–water partition coefficient (Wildman–Crippen LogP) is 2.09. The minimum atomic E-state index is -0.465. The van der Waals surface area contributed by atoms with Crippen LogP contribution in [0.2, 0.25) is 0 Å². The fraction of sp³-hybridized carbons (Fsp3) is 0.158. The number of hydrogen-bond acceptors (Lipinski definition) is 5. The smallest absolute Gasteiger partial charge is 0.311 e. The first kappa shape index (κ1) is 18.1. The number of fused-ring (bicyclic) bond motifs is 1. The first-order valence-electron chi connectivity index (χ1n) is 8.40. The van der Waals surface area contributed by atoms with Crippen molar-refractivity contribution in [3.05, 3.63) is 64.6 Å². The molecule has 0 aliphatic carbocycles. The number of nitrogens with one attached hydrogen (secondary N) is 2. The molecule has 8 heteroatoms. The molecule has 0 saturated heterocycles. The number of guanidine groups is 1. The molecule has 1 aromatic heterocycles. The van der Waals surface area contributed by atoms with Gasteiger partial charge in [0.1, 0.15) is 0 Å². The molecule has 0 unspecified atom stereocenters. The van der Waals surface area contributed by atoms with E-state index in [-0.39, 0.29) is 30.6 Å². The predicted molar refractivity (Wildman–Crippen MR) is 104 cm³/mol. The number of hydrogen-bond donors (Lipinski definition) is 3. The van der Waals surface area contributed by atoms with E-state index < -0.39 is 11.5 Å². The number of aliphatic imine (C=N–C) groups is 1. The van der Waals surface area contributed by atoms with Gasteiger partial charge in [-0.3, -0.25) is 14.6 Å². The van der Waals surface area contributed by atoms with Crippen LogP contribution in [0.5, 0.6) is 0 Å². The number of nitrogens with zero attached hydrogens (tertiary/aromatic N) is 2. The summed E-state index contributed by atoms with van der Waals surface area (Å²) in [5.74, 6) is -0.401. The number of H-pyrrole nitrogens is 1. The highest BCUT2D eigenvalue weighted by atomic mass is 16.5. The van der Waals surface area contributed by atoms with E-state index in [1.165, 1.54) is 6.07 Å². The van der Waals surface area contributed by atoms with Crippen molar-refractivity contribution in [1.29, 1.82) is 0 Å². The molecule has 0 bridgehead atoms. The van der Waals surface area contributed by atoms with E-state index in [1.54, 1.807) is 6.92 Å². The highest BCUT2D eigenvalue weighted by Crippen LogP contribution is 2.22. The molecule has 0 atom stereocenters. The molecule has 1 heterocycles. The molecule has 8 nitrogen and oxygen atoms in total. The molecule has 138 valence electrons. The zero-order valence-corrected chi connectivity index (χ0v) is 14.7. The average molecular weight is 365 g/mol. The molecule has 3 rings (SSSR count). The van der Waals surface area contributed by atoms with Crippen molar-refractivity contribution >= 4 is 34.3 Å². The fourth-order valence-electron chi connectivity index (χ4n) is 2.61. The number of carbonyl (C=O) groups is 1. The first-order chi connectivity index (χ1) is 13.0. The van der Waals surface area contributed by atoms with Gasteiger partial charge in [-0.1, -0.05) is 36.4 Å². The van der Waals surface area contributed by atoms with Gasteiger partial charge in [0.2, 0.25) is 11.9 Å². The van der Waals surface area contributed by atoms with E-state index in [0.29, 0.717) is 0 Å². The largest absolute Gasteiger partial charge is 0.466 e. The number of anilines is 1. The molecule has 0 saturated carbocycles. The van der Waals surface area contributed by atoms with Gasteiger partial charge in [-0.05, 0) is 18.4 Å². The van der Waals surface area contributed by atoms with Crippen molar-refractivity contribution in [3.8, 4) is 0 Å². The molecule has 0 aliphatic heterocycles. The van der Waals surface area contributed by atoms with Crippen molar-refractivity contribution in [2.45, 2.75) is 13.3 Å². The number of carbonyl (C=O) groups excluding carboxylic acids is 1. The van der Waals surface area contributed by atoms with Crippen LogP contribution < -0.4 is 16.6 Å². The van der Waals surface area contributed by atoms with Gasteiger partial charge in [0.15, 0.2) is 0 Å². The van der Waals surface area contributed by atoms with Crippen LogP contribution in [0.1, 0.15) is 12.6 Å². The summed E-state index contributed by atoms with van der Waals surface area (Å²) in [7, 11) is 0. The number of aromatic nitrogens is 2. The zero-order valence-electron chi connectivity index (χ0n) is 14.7. The average Bonchev–Trinajstić information content (AvgIpc) is 2.61. The Morgan fingerprint density at radius 3 is 2.85 bits per heavy atom. The molecule has 4 N–H and O–H groups in total. The van der Waals surface area contributed by atoms with Crippen LogP contribution in [0.3, 0.4) is 0 Å². The van der Waals surface area contributed by atoms with Crippen LogP contribution in [0.25, 0.3) is 10.8 Å². The Morgan fingerprint density at radius 2 is 2.04 bits per heavy atom. The van der Waals surface area contributed by atoms with Crippen molar-refractivity contribution in [3.63, 3.8) is 0 Å². The first-order valence-corrected chi connectivity index (χ1v) is 8.40. The van der Waals surface area contributed by atoms with Crippen LogP contribution in [-0.2, 0) is 16.0 Å². The molecule has 0 radical (unpaired) electrons. The van der Waals surface area contributed by atoms with Gasteiger partial charge in [-0.25, -0.2) is 4.98 Å².